The first-order valence-corrected chi connectivity index (χ1v) is 8.81. The molecule has 0 aromatic rings. The highest BCUT2D eigenvalue weighted by Gasteiger charge is 2.43. The van der Waals surface area contributed by atoms with Gasteiger partial charge in [-0.15, -0.1) is 0 Å². The minimum atomic E-state index is -3.10. The third kappa shape index (κ3) is 3.48. The highest BCUT2D eigenvalue weighted by molar-refractivity contribution is 7.88. The second kappa shape index (κ2) is 4.98. The van der Waals surface area contributed by atoms with Crippen molar-refractivity contribution in [3.8, 4) is 0 Å². The Hall–Kier alpha value is -0.170. The van der Waals surface area contributed by atoms with Crippen LogP contribution >= 0.6 is 0 Å². The van der Waals surface area contributed by atoms with Gasteiger partial charge in [0.05, 0.1) is 18.5 Å². The van der Waals surface area contributed by atoms with Crippen molar-refractivity contribution in [3.63, 3.8) is 0 Å². The Morgan fingerprint density at radius 3 is 2.16 bits per heavy atom. The van der Waals surface area contributed by atoms with Crippen molar-refractivity contribution in [1.82, 2.24) is 9.21 Å². The Bertz CT molecular complexity index is 420. The molecule has 2 aliphatic heterocycles. The van der Waals surface area contributed by atoms with E-state index in [1.165, 1.54) is 6.26 Å². The van der Waals surface area contributed by atoms with E-state index in [9.17, 15) is 8.42 Å². The molecule has 5 nitrogen and oxygen atoms in total. The molecule has 2 saturated heterocycles. The molecule has 0 bridgehead atoms. The zero-order valence-corrected chi connectivity index (χ0v) is 13.3. The van der Waals surface area contributed by atoms with E-state index in [0.717, 1.165) is 25.9 Å². The van der Waals surface area contributed by atoms with Crippen molar-refractivity contribution in [1.29, 1.82) is 0 Å². The third-order valence-electron chi connectivity index (χ3n) is 4.31. The van der Waals surface area contributed by atoms with Crippen molar-refractivity contribution in [2.45, 2.75) is 44.8 Å². The normalized spacial score (nSPS) is 26.7. The van der Waals surface area contributed by atoms with Gasteiger partial charge in [-0.25, -0.2) is 8.42 Å². The molecule has 0 atom stereocenters. The minimum absolute atomic E-state index is 0.173. The zero-order chi connectivity index (χ0) is 14.3. The fraction of sp³-hybridized carbons (Fsp3) is 1.00. The molecule has 2 fully saturated rings. The van der Waals surface area contributed by atoms with E-state index in [1.807, 2.05) is 0 Å². The Balaban J connectivity index is 2.02. The molecule has 2 rings (SSSR count). The first-order chi connectivity index (χ1) is 8.62. The summed E-state index contributed by atoms with van der Waals surface area (Å²) in [5.41, 5.74) is -0.0874. The van der Waals surface area contributed by atoms with Gasteiger partial charge in [-0.1, -0.05) is 0 Å². The molecule has 19 heavy (non-hydrogen) atoms. The second-order valence-corrected chi connectivity index (χ2v) is 8.77. The summed E-state index contributed by atoms with van der Waals surface area (Å²) in [6.07, 6.45) is 3.11. The smallest absolute Gasteiger partial charge is 0.211 e. The molecule has 6 heteroatoms. The lowest BCUT2D eigenvalue weighted by Crippen LogP contribution is -2.59. The van der Waals surface area contributed by atoms with E-state index < -0.39 is 10.0 Å². The SMILES string of the molecule is CC(C)(C)N1CCC2(CC1)CN(S(C)(=O)=O)CCO2. The number of rotatable bonds is 1. The molecule has 0 aliphatic carbocycles. The van der Waals surface area contributed by atoms with Crippen molar-refractivity contribution in [2.24, 2.45) is 0 Å². The van der Waals surface area contributed by atoms with Crippen LogP contribution in [0.1, 0.15) is 33.6 Å². The van der Waals surface area contributed by atoms with Crippen molar-refractivity contribution in [2.75, 3.05) is 39.0 Å². The topological polar surface area (TPSA) is 49.9 Å². The number of nitrogens with zero attached hydrogens (tertiary/aromatic N) is 2. The van der Waals surface area contributed by atoms with Crippen LogP contribution in [-0.2, 0) is 14.8 Å². The van der Waals surface area contributed by atoms with Gasteiger partial charge in [-0.3, -0.25) is 4.90 Å². The number of hydrogen-bond donors (Lipinski definition) is 0. The molecular formula is C13H26N2O3S. The van der Waals surface area contributed by atoms with Crippen LogP contribution in [0.15, 0.2) is 0 Å². The van der Waals surface area contributed by atoms with Gasteiger partial charge < -0.3 is 4.74 Å². The molecular weight excluding hydrogens is 264 g/mol. The summed E-state index contributed by atoms with van der Waals surface area (Å²) in [7, 11) is -3.10. The molecule has 0 aromatic carbocycles. The van der Waals surface area contributed by atoms with Crippen LogP contribution in [0.3, 0.4) is 0 Å². The van der Waals surface area contributed by atoms with Crippen LogP contribution in [0.2, 0.25) is 0 Å². The predicted octanol–water partition coefficient (Wildman–Crippen LogP) is 0.911. The average Bonchev–Trinajstić information content (AvgIpc) is 2.27. The quantitative estimate of drug-likeness (QED) is 0.720. The third-order valence-corrected chi connectivity index (χ3v) is 5.56. The van der Waals surface area contributed by atoms with E-state index in [2.05, 4.69) is 25.7 Å². The number of piperidine rings is 1. The van der Waals surface area contributed by atoms with Crippen LogP contribution in [-0.4, -0.2) is 67.8 Å². The number of ether oxygens (including phenoxy) is 1. The summed E-state index contributed by atoms with van der Waals surface area (Å²) in [6.45, 7) is 10.1. The molecule has 0 unspecified atom stereocenters. The maximum absolute atomic E-state index is 11.7. The van der Waals surface area contributed by atoms with Crippen molar-refractivity contribution in [3.05, 3.63) is 0 Å². The molecule has 0 radical (unpaired) electrons. The zero-order valence-electron chi connectivity index (χ0n) is 12.5. The minimum Gasteiger partial charge on any atom is -0.372 e. The maximum atomic E-state index is 11.7. The lowest BCUT2D eigenvalue weighted by atomic mass is 9.88. The summed E-state index contributed by atoms with van der Waals surface area (Å²) in [5.74, 6) is 0. The molecule has 0 saturated carbocycles. The fourth-order valence-electron chi connectivity index (χ4n) is 2.98. The van der Waals surface area contributed by atoms with Gasteiger partial charge in [0, 0.05) is 31.7 Å². The molecule has 0 N–H and O–H groups in total. The van der Waals surface area contributed by atoms with Crippen LogP contribution in [0.4, 0.5) is 0 Å². The predicted molar refractivity (Wildman–Crippen MR) is 75.7 cm³/mol. The van der Waals surface area contributed by atoms with Crippen LogP contribution in [0, 0.1) is 0 Å². The van der Waals surface area contributed by atoms with E-state index >= 15 is 0 Å². The van der Waals surface area contributed by atoms with E-state index in [1.54, 1.807) is 4.31 Å². The van der Waals surface area contributed by atoms with E-state index in [-0.39, 0.29) is 11.1 Å². The Morgan fingerprint density at radius 1 is 1.11 bits per heavy atom. The Kier molecular flexibility index (Phi) is 3.99. The van der Waals surface area contributed by atoms with E-state index in [4.69, 9.17) is 4.74 Å². The first kappa shape index (κ1) is 15.2. The number of likely N-dealkylation sites (tertiary alicyclic amines) is 1. The fourth-order valence-corrected chi connectivity index (χ4v) is 3.86. The van der Waals surface area contributed by atoms with Gasteiger partial charge in [-0.2, -0.15) is 4.31 Å². The molecule has 2 heterocycles. The summed E-state index contributed by atoms with van der Waals surface area (Å²) in [5, 5.41) is 0. The van der Waals surface area contributed by atoms with Crippen LogP contribution < -0.4 is 0 Å². The Labute approximate surface area is 117 Å². The van der Waals surface area contributed by atoms with Crippen molar-refractivity contribution < 1.29 is 13.2 Å². The summed E-state index contributed by atoms with van der Waals surface area (Å²) in [6, 6.07) is 0. The molecule has 112 valence electrons. The number of morpholine rings is 1. The highest BCUT2D eigenvalue weighted by atomic mass is 32.2. The van der Waals surface area contributed by atoms with Crippen LogP contribution in [0.5, 0.6) is 0 Å². The standard InChI is InChI=1S/C13H26N2O3S/c1-12(2,3)14-7-5-13(6-8-14)11-15(9-10-18-13)19(4,16)17/h5-11H2,1-4H3. The van der Waals surface area contributed by atoms with Crippen LogP contribution in [0.25, 0.3) is 0 Å². The number of sulfonamides is 1. The monoisotopic (exact) mass is 290 g/mol. The summed E-state index contributed by atoms with van der Waals surface area (Å²) < 4.78 is 30.9. The van der Waals surface area contributed by atoms with Gasteiger partial charge in [0.25, 0.3) is 0 Å². The first-order valence-electron chi connectivity index (χ1n) is 6.97. The van der Waals surface area contributed by atoms with Gasteiger partial charge in [0.15, 0.2) is 0 Å². The largest absolute Gasteiger partial charge is 0.372 e. The van der Waals surface area contributed by atoms with Gasteiger partial charge in [0.2, 0.25) is 10.0 Å². The highest BCUT2D eigenvalue weighted by Crippen LogP contribution is 2.33. The van der Waals surface area contributed by atoms with Gasteiger partial charge in [0.1, 0.15) is 0 Å². The second-order valence-electron chi connectivity index (χ2n) is 6.79. The van der Waals surface area contributed by atoms with E-state index in [0.29, 0.717) is 19.7 Å². The average molecular weight is 290 g/mol. The number of hydrogen-bond acceptors (Lipinski definition) is 4. The molecule has 0 amide bonds. The molecule has 0 aromatic heterocycles. The summed E-state index contributed by atoms with van der Waals surface area (Å²) >= 11 is 0. The lowest BCUT2D eigenvalue weighted by Gasteiger charge is -2.49. The Morgan fingerprint density at radius 2 is 1.68 bits per heavy atom. The van der Waals surface area contributed by atoms with Gasteiger partial charge >= 0.3 is 0 Å². The van der Waals surface area contributed by atoms with Crippen molar-refractivity contribution >= 4 is 10.0 Å². The maximum Gasteiger partial charge on any atom is 0.211 e. The molecule has 1 spiro atoms. The lowest BCUT2D eigenvalue weighted by molar-refractivity contribution is -0.126. The molecule has 2 aliphatic rings. The summed E-state index contributed by atoms with van der Waals surface area (Å²) in [4.78, 5) is 2.45. The van der Waals surface area contributed by atoms with Gasteiger partial charge in [-0.05, 0) is 33.6 Å².